The summed E-state index contributed by atoms with van der Waals surface area (Å²) in [5.41, 5.74) is 5.27. The highest BCUT2D eigenvalue weighted by atomic mass is 16.5. The highest BCUT2D eigenvalue weighted by molar-refractivity contribution is 5.00. The first-order chi connectivity index (χ1) is 5.27. The van der Waals surface area contributed by atoms with Crippen molar-refractivity contribution < 1.29 is 4.74 Å². The lowest BCUT2D eigenvalue weighted by Gasteiger charge is -2.22. The van der Waals surface area contributed by atoms with Gasteiger partial charge in [-0.05, 0) is 27.7 Å². The van der Waals surface area contributed by atoms with Gasteiger partial charge >= 0.3 is 0 Å². The Labute approximate surface area is 75.5 Å². The van der Waals surface area contributed by atoms with E-state index in [1.807, 2.05) is 27.7 Å². The van der Waals surface area contributed by atoms with Gasteiger partial charge in [-0.2, -0.15) is 0 Å². The lowest BCUT2D eigenvalue weighted by Crippen LogP contribution is -2.38. The summed E-state index contributed by atoms with van der Waals surface area (Å²) >= 11 is 0. The normalized spacial score (nSPS) is 12.7. The molecule has 0 amide bonds. The van der Waals surface area contributed by atoms with Gasteiger partial charge in [-0.25, -0.2) is 0 Å². The van der Waals surface area contributed by atoms with E-state index in [0.717, 1.165) is 0 Å². The van der Waals surface area contributed by atoms with Crippen LogP contribution in [-0.2, 0) is 4.74 Å². The molecule has 2 N–H and O–H groups in total. The Morgan fingerprint density at radius 3 is 2.08 bits per heavy atom. The third-order valence-electron chi connectivity index (χ3n) is 1.33. The summed E-state index contributed by atoms with van der Waals surface area (Å²) in [4.78, 5) is 0. The predicted octanol–water partition coefficient (Wildman–Crippen LogP) is 1.40. The van der Waals surface area contributed by atoms with Crippen LogP contribution in [-0.4, -0.2) is 18.8 Å². The first kappa shape index (κ1) is 11.5. The van der Waals surface area contributed by atoms with Gasteiger partial charge in [0.05, 0.1) is 13.2 Å². The highest BCUT2D eigenvalue weighted by Crippen LogP contribution is 2.13. The molecule has 0 unspecified atom stereocenters. The van der Waals surface area contributed by atoms with Crippen LogP contribution in [0.5, 0.6) is 0 Å². The minimum absolute atomic E-state index is 0.189. The van der Waals surface area contributed by atoms with E-state index in [1.165, 1.54) is 0 Å². The largest absolute Gasteiger partial charge is 0.378 e. The Morgan fingerprint density at radius 1 is 1.25 bits per heavy atom. The molecule has 0 saturated carbocycles. The topological polar surface area (TPSA) is 35.2 Å². The number of hydrogen-bond donors (Lipinski definition) is 1. The fourth-order valence-corrected chi connectivity index (χ4v) is 0.611. The van der Waals surface area contributed by atoms with Crippen molar-refractivity contribution in [1.29, 1.82) is 0 Å². The van der Waals surface area contributed by atoms with E-state index in [9.17, 15) is 0 Å². The zero-order valence-electron chi connectivity index (χ0n) is 8.48. The van der Waals surface area contributed by atoms with Gasteiger partial charge in [0.1, 0.15) is 0 Å². The summed E-state index contributed by atoms with van der Waals surface area (Å²) < 4.78 is 5.39. The van der Waals surface area contributed by atoms with Crippen LogP contribution in [0.4, 0.5) is 0 Å². The first-order valence-corrected chi connectivity index (χ1v) is 4.11. The molecule has 0 atom stereocenters. The second kappa shape index (κ2) is 3.93. The van der Waals surface area contributed by atoms with Crippen molar-refractivity contribution in [2.75, 3.05) is 13.2 Å². The summed E-state index contributed by atoms with van der Waals surface area (Å²) in [5.74, 6) is 2.66. The van der Waals surface area contributed by atoms with Crippen LogP contribution in [0.2, 0.25) is 0 Å². The van der Waals surface area contributed by atoms with Gasteiger partial charge in [-0.15, -0.1) is 6.42 Å². The number of nitrogens with two attached hydrogens (primary N) is 1. The van der Waals surface area contributed by atoms with E-state index in [-0.39, 0.29) is 11.0 Å². The van der Waals surface area contributed by atoms with E-state index >= 15 is 0 Å². The van der Waals surface area contributed by atoms with Crippen LogP contribution < -0.4 is 5.73 Å². The average molecular weight is 169 g/mol. The third kappa shape index (κ3) is 6.21. The SMILES string of the molecule is C#CC(C)(C)COCC(C)(C)N. The van der Waals surface area contributed by atoms with E-state index in [1.54, 1.807) is 0 Å². The minimum atomic E-state index is -0.273. The fraction of sp³-hybridized carbons (Fsp3) is 0.800. The van der Waals surface area contributed by atoms with Crippen molar-refractivity contribution in [3.05, 3.63) is 0 Å². The second-order valence-corrected chi connectivity index (χ2v) is 4.51. The van der Waals surface area contributed by atoms with Crippen LogP contribution in [0.3, 0.4) is 0 Å². The molecule has 0 aliphatic heterocycles. The summed E-state index contributed by atoms with van der Waals surface area (Å²) in [6.07, 6.45) is 5.29. The molecule has 0 aliphatic carbocycles. The van der Waals surface area contributed by atoms with Crippen LogP contribution >= 0.6 is 0 Å². The van der Waals surface area contributed by atoms with Crippen LogP contribution in [0.1, 0.15) is 27.7 Å². The van der Waals surface area contributed by atoms with Crippen LogP contribution in [0.15, 0.2) is 0 Å². The van der Waals surface area contributed by atoms with Gasteiger partial charge in [-0.1, -0.05) is 5.92 Å². The zero-order valence-corrected chi connectivity index (χ0v) is 8.48. The lowest BCUT2D eigenvalue weighted by atomic mass is 9.96. The van der Waals surface area contributed by atoms with Crippen molar-refractivity contribution >= 4 is 0 Å². The molecular formula is C10H19NO. The summed E-state index contributed by atoms with van der Waals surface area (Å²) in [6, 6.07) is 0. The molecule has 0 bridgehead atoms. The predicted molar refractivity (Wildman–Crippen MR) is 51.7 cm³/mol. The van der Waals surface area contributed by atoms with Gasteiger partial charge < -0.3 is 10.5 Å². The molecule has 0 radical (unpaired) electrons. The molecular weight excluding hydrogens is 150 g/mol. The molecule has 0 saturated heterocycles. The van der Waals surface area contributed by atoms with Crippen molar-refractivity contribution in [2.24, 2.45) is 11.1 Å². The molecule has 2 heteroatoms. The van der Waals surface area contributed by atoms with Gasteiger partial charge in [-0.3, -0.25) is 0 Å². The molecule has 70 valence electrons. The lowest BCUT2D eigenvalue weighted by molar-refractivity contribution is 0.0595. The van der Waals surface area contributed by atoms with Crippen molar-refractivity contribution in [3.63, 3.8) is 0 Å². The monoisotopic (exact) mass is 169 g/mol. The quantitative estimate of drug-likeness (QED) is 0.646. The fourth-order valence-electron chi connectivity index (χ4n) is 0.611. The Kier molecular flexibility index (Phi) is 3.76. The van der Waals surface area contributed by atoms with Gasteiger partial charge in [0.25, 0.3) is 0 Å². The Morgan fingerprint density at radius 2 is 1.75 bits per heavy atom. The molecule has 0 aromatic carbocycles. The van der Waals surface area contributed by atoms with Gasteiger partial charge in [0, 0.05) is 11.0 Å². The van der Waals surface area contributed by atoms with E-state index in [0.29, 0.717) is 13.2 Å². The maximum atomic E-state index is 5.73. The average Bonchev–Trinajstić information content (AvgIpc) is 1.84. The minimum Gasteiger partial charge on any atom is -0.378 e. The van der Waals surface area contributed by atoms with Crippen molar-refractivity contribution in [2.45, 2.75) is 33.2 Å². The zero-order chi connectivity index (χ0) is 9.83. The summed E-state index contributed by atoms with van der Waals surface area (Å²) in [7, 11) is 0. The molecule has 0 aliphatic rings. The summed E-state index contributed by atoms with van der Waals surface area (Å²) in [5, 5.41) is 0. The second-order valence-electron chi connectivity index (χ2n) is 4.51. The number of terminal acetylenes is 1. The van der Waals surface area contributed by atoms with Crippen molar-refractivity contribution in [3.8, 4) is 12.3 Å². The molecule has 2 nitrogen and oxygen atoms in total. The Bertz CT molecular complexity index is 171. The number of ether oxygens (including phenoxy) is 1. The summed E-state index contributed by atoms with van der Waals surface area (Å²) in [6.45, 7) is 8.89. The Balaban J connectivity index is 3.66. The molecule has 0 fully saturated rings. The highest BCUT2D eigenvalue weighted by Gasteiger charge is 2.17. The number of rotatable bonds is 4. The van der Waals surface area contributed by atoms with Crippen LogP contribution in [0, 0.1) is 17.8 Å². The maximum Gasteiger partial charge on any atom is 0.0641 e. The van der Waals surface area contributed by atoms with Gasteiger partial charge in [0.15, 0.2) is 0 Å². The molecule has 0 rings (SSSR count). The Hall–Kier alpha value is -0.520. The molecule has 0 aromatic heterocycles. The third-order valence-corrected chi connectivity index (χ3v) is 1.33. The van der Waals surface area contributed by atoms with E-state index in [4.69, 9.17) is 16.9 Å². The van der Waals surface area contributed by atoms with Crippen molar-refractivity contribution in [1.82, 2.24) is 0 Å². The molecule has 0 heterocycles. The molecule has 0 aromatic rings. The smallest absolute Gasteiger partial charge is 0.0641 e. The first-order valence-electron chi connectivity index (χ1n) is 4.11. The van der Waals surface area contributed by atoms with E-state index in [2.05, 4.69) is 5.92 Å². The maximum absolute atomic E-state index is 5.73. The van der Waals surface area contributed by atoms with E-state index < -0.39 is 0 Å². The molecule has 12 heavy (non-hydrogen) atoms. The standard InChI is InChI=1S/C10H19NO/c1-6-9(2,3)7-12-8-10(4,5)11/h1H,7-8,11H2,2-5H3. The van der Waals surface area contributed by atoms with Crippen LogP contribution in [0.25, 0.3) is 0 Å². The van der Waals surface area contributed by atoms with Gasteiger partial charge in [0.2, 0.25) is 0 Å². The molecule has 0 spiro atoms. The number of hydrogen-bond acceptors (Lipinski definition) is 2.